The Labute approximate surface area is 439 Å². The Balaban J connectivity index is 0.000000172. The topological polar surface area (TPSA) is 260 Å². The monoisotopic (exact) mass is 1060 g/mol. The molecule has 0 aliphatic carbocycles. The minimum atomic E-state index is -1.00. The fraction of sp³-hybridized carbons (Fsp3) is 0.412. The molecular formula is C51H56N12O10S2. The van der Waals surface area contributed by atoms with E-state index in [1.165, 1.54) is 28.9 Å². The third-order valence-corrected chi connectivity index (χ3v) is 14.5. The van der Waals surface area contributed by atoms with Crippen molar-refractivity contribution < 1.29 is 48.3 Å². The van der Waals surface area contributed by atoms with Crippen LogP contribution in [0.1, 0.15) is 71.9 Å². The summed E-state index contributed by atoms with van der Waals surface area (Å²) in [4.78, 5) is 86.8. The minimum absolute atomic E-state index is 0.0485. The molecule has 6 aromatic rings. The molecule has 4 N–H and O–H groups in total. The number of rotatable bonds is 17. The number of nitrogens with zero attached hydrogens (tertiary/aromatic N) is 10. The van der Waals surface area contributed by atoms with Gasteiger partial charge in [-0.05, 0) is 75.9 Å². The number of pyridine rings is 4. The number of aryl methyl sites for hydroxylation is 2. The van der Waals surface area contributed by atoms with Crippen LogP contribution in [0.3, 0.4) is 0 Å². The van der Waals surface area contributed by atoms with E-state index in [2.05, 4.69) is 50.3 Å². The summed E-state index contributed by atoms with van der Waals surface area (Å²) in [6.07, 6.45) is 5.18. The Morgan fingerprint density at radius 3 is 1.73 bits per heavy atom. The first-order valence-electron chi connectivity index (χ1n) is 24.7. The average Bonchev–Trinajstić information content (AvgIpc) is 4.31. The van der Waals surface area contributed by atoms with Crippen LogP contribution in [-0.2, 0) is 22.3 Å². The van der Waals surface area contributed by atoms with Crippen LogP contribution in [0.4, 0.5) is 44.2 Å². The van der Waals surface area contributed by atoms with Crippen molar-refractivity contribution in [2.75, 3.05) is 82.8 Å². The predicted molar refractivity (Wildman–Crippen MR) is 280 cm³/mol. The number of urea groups is 2. The highest BCUT2D eigenvalue weighted by Crippen LogP contribution is 2.41. The molecule has 11 rings (SSSR count). The maximum absolute atomic E-state index is 13.6. The van der Waals surface area contributed by atoms with Gasteiger partial charge in [-0.3, -0.25) is 30.0 Å². The molecule has 4 bridgehead atoms. The van der Waals surface area contributed by atoms with Crippen LogP contribution < -0.4 is 39.7 Å². The highest BCUT2D eigenvalue weighted by Gasteiger charge is 2.42. The number of fused-ring (bicyclic) bond motifs is 8. The first kappa shape index (κ1) is 51.3. The van der Waals surface area contributed by atoms with Gasteiger partial charge in [-0.2, -0.15) is 0 Å². The van der Waals surface area contributed by atoms with Crippen LogP contribution in [0.2, 0.25) is 0 Å². The Kier molecular flexibility index (Phi) is 15.5. The van der Waals surface area contributed by atoms with Crippen LogP contribution in [0, 0.1) is 0 Å². The first-order chi connectivity index (χ1) is 36.4. The van der Waals surface area contributed by atoms with Gasteiger partial charge in [0.05, 0.1) is 59.1 Å². The zero-order chi connectivity index (χ0) is 52.1. The highest BCUT2D eigenvalue weighted by molar-refractivity contribution is 7.07. The van der Waals surface area contributed by atoms with Crippen LogP contribution in [-0.4, -0.2) is 146 Å². The summed E-state index contributed by atoms with van der Waals surface area (Å²) in [5, 5.41) is 28.0. The lowest BCUT2D eigenvalue weighted by Gasteiger charge is -2.35. The molecule has 392 valence electrons. The number of anilines is 6. The lowest BCUT2D eigenvalue weighted by Crippen LogP contribution is -2.48. The molecule has 24 heteroatoms. The van der Waals surface area contributed by atoms with Gasteiger partial charge in [-0.25, -0.2) is 39.5 Å². The molecule has 3 saturated heterocycles. The summed E-state index contributed by atoms with van der Waals surface area (Å²) < 4.78 is 22.7. The number of carbonyl (C=O) groups excluding carboxylic acids is 4. The van der Waals surface area contributed by atoms with E-state index in [1.54, 1.807) is 63.4 Å². The normalized spacial score (nSPS) is 19.1. The standard InChI is InChI=1S/C27H30N6O5S.C24H26N6O5S/c1-27(2)37-14-20(38-27)13-36-19-7-9-28-24(11-19)31-26(35)33-18-8-10-32(12-18)22-5-4-21(30-25(22)33)23(34)6-3-17-15-39-16-29-17;31-11-17(32)12-35-18-5-7-25-22(9-18)28-24(34)30-16-6-8-29(10-16)20-3-2-19(27-23(20)30)21(33)4-1-15-13-36-14-26-15/h4-5,7,9,11,15-16,18,20H,3,6,8,10,12-14H2,1-2H3,(H,28,31,35);2-3,5,7,9,13-14,16-17,31-32H,1,4,6,8,10-12H2,(H,25,28,34)/t18-,20-;16-,17+/m00/s1. The lowest BCUT2D eigenvalue weighted by molar-refractivity contribution is -0.141. The van der Waals surface area contributed by atoms with E-state index in [0.717, 1.165) is 55.2 Å². The summed E-state index contributed by atoms with van der Waals surface area (Å²) in [5.74, 6) is 1.74. The van der Waals surface area contributed by atoms with E-state index < -0.39 is 24.5 Å². The van der Waals surface area contributed by atoms with Gasteiger partial charge in [0.15, 0.2) is 29.0 Å². The molecule has 0 spiro atoms. The van der Waals surface area contributed by atoms with E-state index in [9.17, 15) is 24.3 Å². The fourth-order valence-electron chi connectivity index (χ4n) is 9.47. The number of aliphatic hydroxyl groups is 2. The lowest BCUT2D eigenvalue weighted by atomic mass is 10.1. The molecule has 11 heterocycles. The van der Waals surface area contributed by atoms with E-state index >= 15 is 0 Å². The average molecular weight is 1060 g/mol. The number of aromatic nitrogens is 6. The second kappa shape index (κ2) is 22.7. The first-order valence-corrected chi connectivity index (χ1v) is 26.6. The number of hydrogen-bond donors (Lipinski definition) is 4. The third kappa shape index (κ3) is 12.2. The van der Waals surface area contributed by atoms with Crippen molar-refractivity contribution in [2.24, 2.45) is 0 Å². The second-order valence-corrected chi connectivity index (χ2v) is 20.4. The highest BCUT2D eigenvalue weighted by atomic mass is 32.1. The van der Waals surface area contributed by atoms with Crippen molar-refractivity contribution in [3.63, 3.8) is 0 Å². The number of carbonyl (C=O) groups is 4. The summed E-state index contributed by atoms with van der Waals surface area (Å²) in [6.45, 7) is 7.04. The van der Waals surface area contributed by atoms with Crippen molar-refractivity contribution in [1.29, 1.82) is 0 Å². The smallest absolute Gasteiger partial charge is 0.329 e. The quantitative estimate of drug-likeness (QED) is 0.0761. The van der Waals surface area contributed by atoms with Gasteiger partial charge in [0.1, 0.15) is 59.9 Å². The molecule has 5 aliphatic rings. The predicted octanol–water partition coefficient (Wildman–Crippen LogP) is 6.02. The largest absolute Gasteiger partial charge is 0.491 e. The van der Waals surface area contributed by atoms with Gasteiger partial charge < -0.3 is 39.0 Å². The van der Waals surface area contributed by atoms with Crippen LogP contribution >= 0.6 is 22.7 Å². The summed E-state index contributed by atoms with van der Waals surface area (Å²) in [5.41, 5.74) is 7.60. The molecule has 22 nitrogen and oxygen atoms in total. The van der Waals surface area contributed by atoms with E-state index in [4.69, 9.17) is 24.1 Å². The van der Waals surface area contributed by atoms with Crippen molar-refractivity contribution in [1.82, 2.24) is 29.9 Å². The summed E-state index contributed by atoms with van der Waals surface area (Å²) >= 11 is 3.00. The molecule has 4 atom stereocenters. The maximum atomic E-state index is 13.6. The molecule has 0 radical (unpaired) electrons. The van der Waals surface area contributed by atoms with Crippen LogP contribution in [0.15, 0.2) is 82.7 Å². The van der Waals surface area contributed by atoms with Gasteiger partial charge in [-0.1, -0.05) is 0 Å². The van der Waals surface area contributed by atoms with Crippen LogP contribution in [0.25, 0.3) is 0 Å². The summed E-state index contributed by atoms with van der Waals surface area (Å²) in [7, 11) is 0. The van der Waals surface area contributed by atoms with E-state index in [-0.39, 0.29) is 54.6 Å². The molecule has 75 heavy (non-hydrogen) atoms. The second-order valence-electron chi connectivity index (χ2n) is 18.9. The number of Topliss-reactive ketones (excluding diaryl/α,β-unsaturated/α-hetero) is 2. The molecule has 6 aromatic heterocycles. The summed E-state index contributed by atoms with van der Waals surface area (Å²) in [6, 6.07) is 12.9. The number of thiazole rings is 2. The van der Waals surface area contributed by atoms with E-state index in [1.807, 2.05) is 36.7 Å². The maximum Gasteiger partial charge on any atom is 0.329 e. The zero-order valence-corrected chi connectivity index (χ0v) is 42.9. The SMILES string of the molecule is CC1(C)OC[C@H](COc2ccnc(NC(=O)N3c4nc(C(=O)CCc5cscn5)ccc4N4CC[C@H]3C4)c2)O1.O=C(CCc1cscn1)c1ccc2c(n1)N(C(=O)Nc1cc(OC[C@H](O)CO)ccn1)[C@H]1CCN2C1. The zero-order valence-electron chi connectivity index (χ0n) is 41.2. The number of hydrogen-bond acceptors (Lipinski definition) is 20. The van der Waals surface area contributed by atoms with Crippen molar-refractivity contribution in [2.45, 2.75) is 82.5 Å². The van der Waals surface area contributed by atoms with Gasteiger partial charge >= 0.3 is 12.1 Å². The van der Waals surface area contributed by atoms with Crippen molar-refractivity contribution in [3.05, 3.63) is 105 Å². The molecule has 0 aromatic carbocycles. The molecule has 0 saturated carbocycles. The van der Waals surface area contributed by atoms with E-state index in [0.29, 0.717) is 79.4 Å². The van der Waals surface area contributed by atoms with Gasteiger partial charge in [0.2, 0.25) is 0 Å². The Bertz CT molecular complexity index is 3000. The number of amides is 4. The number of nitrogens with one attached hydrogen (secondary N) is 2. The number of ketones is 2. The van der Waals surface area contributed by atoms with Crippen molar-refractivity contribution in [3.8, 4) is 11.5 Å². The van der Waals surface area contributed by atoms with Crippen molar-refractivity contribution >= 4 is 80.9 Å². The molecule has 3 fully saturated rings. The minimum Gasteiger partial charge on any atom is -0.491 e. The molecule has 5 aliphatic heterocycles. The Hall–Kier alpha value is -7.22. The molecule has 4 amide bonds. The van der Waals surface area contributed by atoms with Gasteiger partial charge in [0, 0.05) is 74.3 Å². The fourth-order valence-corrected chi connectivity index (χ4v) is 10.7. The third-order valence-electron chi connectivity index (χ3n) is 13.2. The van der Waals surface area contributed by atoms with Gasteiger partial charge in [-0.15, -0.1) is 22.7 Å². The van der Waals surface area contributed by atoms with Gasteiger partial charge in [0.25, 0.3) is 0 Å². The number of ether oxygens (including phenoxy) is 4. The number of aliphatic hydroxyl groups excluding tert-OH is 2. The molecular weight excluding hydrogens is 1000 g/mol. The molecule has 0 unspecified atom stereocenters. The van der Waals surface area contributed by atoms with Crippen LogP contribution in [0.5, 0.6) is 11.5 Å². The Morgan fingerprint density at radius 2 is 1.27 bits per heavy atom. The Morgan fingerprint density at radius 1 is 0.747 bits per heavy atom.